The zero-order valence-electron chi connectivity index (χ0n) is 15.3. The van der Waals surface area contributed by atoms with Crippen molar-refractivity contribution in [1.29, 1.82) is 0 Å². The Morgan fingerprint density at radius 3 is 2.79 bits per heavy atom. The summed E-state index contributed by atoms with van der Waals surface area (Å²) in [6.45, 7) is 0.463. The molecule has 2 amide bonds. The lowest BCUT2D eigenvalue weighted by Crippen LogP contribution is -2.46. The number of halogens is 2. The molecular formula is C21H21F2N3O2. The fourth-order valence-corrected chi connectivity index (χ4v) is 4.38. The Labute approximate surface area is 161 Å². The predicted octanol–water partition coefficient (Wildman–Crippen LogP) is 3.46. The number of nitrogens with one attached hydrogen (secondary N) is 1. The molecule has 1 aromatic heterocycles. The quantitative estimate of drug-likeness (QED) is 0.880. The van der Waals surface area contributed by atoms with Crippen molar-refractivity contribution in [3.05, 3.63) is 59.9 Å². The monoisotopic (exact) mass is 385 g/mol. The number of hydrogen-bond acceptors (Lipinski definition) is 3. The Hall–Kier alpha value is -2.83. The molecule has 1 N–H and O–H groups in total. The van der Waals surface area contributed by atoms with Crippen molar-refractivity contribution in [2.45, 2.75) is 38.1 Å². The first-order valence-electron chi connectivity index (χ1n) is 9.47. The van der Waals surface area contributed by atoms with E-state index in [1.54, 1.807) is 24.4 Å². The summed E-state index contributed by atoms with van der Waals surface area (Å²) in [6, 6.07) is 8.57. The number of carbonyl (C=O) groups excluding carboxylic acids is 2. The highest BCUT2D eigenvalue weighted by atomic mass is 19.2. The van der Waals surface area contributed by atoms with Gasteiger partial charge in [-0.3, -0.25) is 14.6 Å². The lowest BCUT2D eigenvalue weighted by Gasteiger charge is -2.36. The van der Waals surface area contributed by atoms with E-state index >= 15 is 0 Å². The fraction of sp³-hybridized carbons (Fsp3) is 0.381. The highest BCUT2D eigenvalue weighted by molar-refractivity contribution is 6.00. The third-order valence-electron chi connectivity index (χ3n) is 5.81. The van der Waals surface area contributed by atoms with E-state index in [0.717, 1.165) is 31.4 Å². The van der Waals surface area contributed by atoms with Gasteiger partial charge in [0, 0.05) is 30.5 Å². The van der Waals surface area contributed by atoms with E-state index in [1.807, 2.05) is 0 Å². The van der Waals surface area contributed by atoms with E-state index in [-0.39, 0.29) is 17.9 Å². The minimum Gasteiger partial charge on any atom is -0.348 e. The van der Waals surface area contributed by atoms with Crippen molar-refractivity contribution in [3.8, 4) is 0 Å². The Bertz CT molecular complexity index is 906. The average molecular weight is 385 g/mol. The maximum absolute atomic E-state index is 13.6. The molecule has 1 aliphatic carbocycles. The van der Waals surface area contributed by atoms with E-state index in [4.69, 9.17) is 0 Å². The van der Waals surface area contributed by atoms with Gasteiger partial charge in [-0.1, -0.05) is 12.5 Å². The third-order valence-corrected chi connectivity index (χ3v) is 5.81. The largest absolute Gasteiger partial charge is 0.348 e. The molecule has 1 saturated carbocycles. The van der Waals surface area contributed by atoms with Crippen LogP contribution >= 0.6 is 0 Å². The molecule has 4 rings (SSSR count). The van der Waals surface area contributed by atoms with Crippen molar-refractivity contribution in [1.82, 2.24) is 10.3 Å². The van der Waals surface area contributed by atoms with Crippen LogP contribution < -0.4 is 10.2 Å². The number of aromatic nitrogens is 1. The molecule has 2 aromatic rings. The first-order chi connectivity index (χ1) is 13.5. The van der Waals surface area contributed by atoms with Gasteiger partial charge in [-0.25, -0.2) is 8.78 Å². The number of benzene rings is 1. The summed E-state index contributed by atoms with van der Waals surface area (Å²) in [7, 11) is 0. The number of carbonyl (C=O) groups is 2. The maximum atomic E-state index is 13.6. The van der Waals surface area contributed by atoms with Crippen molar-refractivity contribution in [2.24, 2.45) is 5.41 Å². The van der Waals surface area contributed by atoms with Gasteiger partial charge in [-0.2, -0.15) is 0 Å². The van der Waals surface area contributed by atoms with Crippen LogP contribution in [0.25, 0.3) is 0 Å². The number of hydrogen-bond donors (Lipinski definition) is 1. The summed E-state index contributed by atoms with van der Waals surface area (Å²) >= 11 is 0. The van der Waals surface area contributed by atoms with Gasteiger partial charge in [0.1, 0.15) is 5.69 Å². The normalized spacial score (nSPS) is 24.6. The average Bonchev–Trinajstić information content (AvgIpc) is 3.00. The van der Waals surface area contributed by atoms with E-state index in [2.05, 4.69) is 10.3 Å². The zero-order chi connectivity index (χ0) is 19.7. The molecule has 2 aliphatic rings. The standard InChI is InChI=1S/C21H21F2N3O2/c22-16-7-6-15(12-17(16)23)26-11-9-21(20(26)28)8-3-4-14(13-21)25-19(27)18-5-1-2-10-24-18/h1-2,5-7,10,12,14H,3-4,8-9,11,13H2,(H,25,27)/t14-,21?/m0/s1. The predicted molar refractivity (Wildman–Crippen MR) is 99.7 cm³/mol. The number of nitrogens with zero attached hydrogens (tertiary/aromatic N) is 2. The van der Waals surface area contributed by atoms with Gasteiger partial charge < -0.3 is 10.2 Å². The molecule has 1 saturated heterocycles. The lowest BCUT2D eigenvalue weighted by atomic mass is 9.71. The van der Waals surface area contributed by atoms with Crippen molar-refractivity contribution >= 4 is 17.5 Å². The SMILES string of the molecule is O=C(N[C@H]1CCCC2(CCN(c3ccc(F)c(F)c3)C2=O)C1)c1ccccn1. The first-order valence-corrected chi connectivity index (χ1v) is 9.47. The first kappa shape index (κ1) is 18.5. The summed E-state index contributed by atoms with van der Waals surface area (Å²) in [5.74, 6) is -2.21. The smallest absolute Gasteiger partial charge is 0.270 e. The molecule has 7 heteroatoms. The number of amides is 2. The summed E-state index contributed by atoms with van der Waals surface area (Å²) in [6.07, 6.45) is 5.12. The van der Waals surface area contributed by atoms with Crippen molar-refractivity contribution in [2.75, 3.05) is 11.4 Å². The van der Waals surface area contributed by atoms with Gasteiger partial charge in [0.2, 0.25) is 5.91 Å². The topological polar surface area (TPSA) is 62.3 Å². The molecule has 1 spiro atoms. The summed E-state index contributed by atoms with van der Waals surface area (Å²) in [5.41, 5.74) is 0.161. The van der Waals surface area contributed by atoms with Crippen molar-refractivity contribution < 1.29 is 18.4 Å². The van der Waals surface area contributed by atoms with Crippen LogP contribution in [0.1, 0.15) is 42.6 Å². The Kier molecular flexibility index (Phi) is 4.83. The lowest BCUT2D eigenvalue weighted by molar-refractivity contribution is -0.127. The van der Waals surface area contributed by atoms with Gasteiger partial charge in [0.25, 0.3) is 5.91 Å². The molecule has 28 heavy (non-hydrogen) atoms. The Morgan fingerprint density at radius 1 is 1.18 bits per heavy atom. The highest BCUT2D eigenvalue weighted by Crippen LogP contribution is 2.46. The van der Waals surface area contributed by atoms with Gasteiger partial charge in [-0.05, 0) is 49.9 Å². The molecule has 1 unspecified atom stereocenters. The van der Waals surface area contributed by atoms with Crippen LogP contribution in [0.4, 0.5) is 14.5 Å². The van der Waals surface area contributed by atoms with Crippen LogP contribution in [0.15, 0.2) is 42.6 Å². The van der Waals surface area contributed by atoms with Gasteiger partial charge >= 0.3 is 0 Å². The zero-order valence-corrected chi connectivity index (χ0v) is 15.3. The second kappa shape index (κ2) is 7.30. The Balaban J connectivity index is 1.48. The molecular weight excluding hydrogens is 364 g/mol. The van der Waals surface area contributed by atoms with E-state index in [9.17, 15) is 18.4 Å². The number of rotatable bonds is 3. The molecule has 5 nitrogen and oxygen atoms in total. The van der Waals surface area contributed by atoms with E-state index in [0.29, 0.717) is 30.8 Å². The minimum absolute atomic E-state index is 0.0738. The van der Waals surface area contributed by atoms with Crippen LogP contribution in [0.2, 0.25) is 0 Å². The minimum atomic E-state index is -0.963. The Morgan fingerprint density at radius 2 is 2.04 bits per heavy atom. The number of pyridine rings is 1. The third kappa shape index (κ3) is 3.37. The van der Waals surface area contributed by atoms with Gasteiger partial charge in [0.05, 0.1) is 5.41 Å². The summed E-state index contributed by atoms with van der Waals surface area (Å²) in [5, 5.41) is 3.00. The van der Waals surface area contributed by atoms with Crippen LogP contribution in [0.5, 0.6) is 0 Å². The highest BCUT2D eigenvalue weighted by Gasteiger charge is 2.49. The van der Waals surface area contributed by atoms with E-state index < -0.39 is 17.0 Å². The number of anilines is 1. The van der Waals surface area contributed by atoms with Crippen LogP contribution in [-0.2, 0) is 4.79 Å². The van der Waals surface area contributed by atoms with Crippen LogP contribution in [-0.4, -0.2) is 29.4 Å². The molecule has 2 fully saturated rings. The molecule has 2 atom stereocenters. The summed E-state index contributed by atoms with van der Waals surface area (Å²) < 4.78 is 26.8. The van der Waals surface area contributed by atoms with Gasteiger partial charge in [-0.15, -0.1) is 0 Å². The fourth-order valence-electron chi connectivity index (χ4n) is 4.38. The second-order valence-corrected chi connectivity index (χ2v) is 7.57. The molecule has 1 aliphatic heterocycles. The molecule has 0 bridgehead atoms. The van der Waals surface area contributed by atoms with Crippen LogP contribution in [0.3, 0.4) is 0 Å². The summed E-state index contributed by atoms with van der Waals surface area (Å²) in [4.78, 5) is 31.2. The molecule has 146 valence electrons. The molecule has 0 radical (unpaired) electrons. The maximum Gasteiger partial charge on any atom is 0.270 e. The van der Waals surface area contributed by atoms with Gasteiger partial charge in [0.15, 0.2) is 11.6 Å². The van der Waals surface area contributed by atoms with E-state index in [1.165, 1.54) is 11.0 Å². The van der Waals surface area contributed by atoms with Crippen molar-refractivity contribution in [3.63, 3.8) is 0 Å². The second-order valence-electron chi connectivity index (χ2n) is 7.57. The van der Waals surface area contributed by atoms with Crippen LogP contribution in [0, 0.1) is 17.0 Å². The molecule has 1 aromatic carbocycles. The molecule has 2 heterocycles.